The van der Waals surface area contributed by atoms with Crippen LogP contribution in [0.4, 0.5) is 5.69 Å². The fourth-order valence-electron chi connectivity index (χ4n) is 12.5. The number of nitrogen functional groups attached to an aromatic ring is 1. The third kappa shape index (κ3) is 4.06. The Labute approximate surface area is 287 Å². The second-order valence-electron chi connectivity index (χ2n) is 15.1. The zero-order chi connectivity index (χ0) is 34.5. The molecule has 1 spiro atoms. The molecule has 0 radical (unpaired) electrons. The van der Waals surface area contributed by atoms with Gasteiger partial charge in [0.2, 0.25) is 0 Å². The molecule has 6 aliphatic rings. The molecular weight excluding hydrogens is 628 g/mol. The van der Waals surface area contributed by atoms with Crippen LogP contribution in [-0.2, 0) is 28.4 Å². The Kier molecular flexibility index (Phi) is 7.76. The van der Waals surface area contributed by atoms with Crippen LogP contribution in [0.1, 0.15) is 53.3 Å². The lowest BCUT2D eigenvalue weighted by Crippen LogP contribution is -2.78. The van der Waals surface area contributed by atoms with Crippen LogP contribution >= 0.6 is 0 Å². The fourth-order valence-corrected chi connectivity index (χ4v) is 12.5. The Morgan fingerprint density at radius 3 is 2.29 bits per heavy atom. The molecule has 6 fully saturated rings. The van der Waals surface area contributed by atoms with Crippen LogP contribution in [0, 0.1) is 29.1 Å². The molecule has 11 heteroatoms. The summed E-state index contributed by atoms with van der Waals surface area (Å²) in [6.07, 6.45) is -0.487. The van der Waals surface area contributed by atoms with E-state index in [0.29, 0.717) is 17.8 Å². The van der Waals surface area contributed by atoms with Crippen molar-refractivity contribution in [1.29, 1.82) is 0 Å². The van der Waals surface area contributed by atoms with Gasteiger partial charge < -0.3 is 39.3 Å². The molecule has 5 aliphatic carbocycles. The largest absolute Gasteiger partial charge is 0.455 e. The number of carbonyl (C=O) groups excluding carboxylic acids is 2. The highest BCUT2D eigenvalue weighted by molar-refractivity contribution is 5.95. The number of hydrogen-bond acceptors (Lipinski definition) is 11. The van der Waals surface area contributed by atoms with Crippen LogP contribution in [0.5, 0.6) is 0 Å². The second-order valence-corrected chi connectivity index (χ2v) is 15.1. The van der Waals surface area contributed by atoms with E-state index < -0.39 is 64.3 Å². The molecule has 5 saturated carbocycles. The van der Waals surface area contributed by atoms with Gasteiger partial charge in [-0.3, -0.25) is 4.90 Å². The predicted octanol–water partition coefficient (Wildman–Crippen LogP) is 3.34. The number of nitrogens with zero attached hydrogens (tertiary/aromatic N) is 1. The first-order chi connectivity index (χ1) is 23.6. The summed E-state index contributed by atoms with van der Waals surface area (Å²) in [5.41, 5.74) is 3.29. The Morgan fingerprint density at radius 2 is 1.63 bits per heavy atom. The molecule has 11 nitrogen and oxygen atoms in total. The Bertz CT molecular complexity index is 1630. The van der Waals surface area contributed by atoms with Crippen molar-refractivity contribution in [3.05, 3.63) is 65.7 Å². The highest BCUT2D eigenvalue weighted by Gasteiger charge is 2.90. The van der Waals surface area contributed by atoms with Crippen molar-refractivity contribution >= 4 is 17.6 Å². The van der Waals surface area contributed by atoms with Crippen LogP contribution in [0.2, 0.25) is 0 Å². The van der Waals surface area contributed by atoms with E-state index in [1.54, 1.807) is 77.0 Å². The molecule has 7 bridgehead atoms. The van der Waals surface area contributed by atoms with Gasteiger partial charge in [0.05, 0.1) is 35.0 Å². The number of nitrogens with two attached hydrogens (primary N) is 1. The van der Waals surface area contributed by atoms with Gasteiger partial charge in [0.25, 0.3) is 0 Å². The van der Waals surface area contributed by atoms with Crippen LogP contribution in [-0.4, -0.2) is 111 Å². The van der Waals surface area contributed by atoms with Crippen molar-refractivity contribution in [2.75, 3.05) is 47.3 Å². The summed E-state index contributed by atoms with van der Waals surface area (Å²) in [5.74, 6) is -2.58. The maximum absolute atomic E-state index is 14.5. The van der Waals surface area contributed by atoms with Gasteiger partial charge in [-0.2, -0.15) is 0 Å². The SMILES string of the molecule is CCN1C[C@]2(OC)CC[C@H](OC)C34C1[C@@H]([C@H](OC)[C@@H]32)[C@@]1(OC(=O)c2ccccc2N)C[C@H](OC)[C@@]2(O)C[C@@H]4[C@@H]1[C@H]2OC(=O)c1ccccc1. The van der Waals surface area contributed by atoms with Crippen molar-refractivity contribution in [3.63, 3.8) is 0 Å². The monoisotopic (exact) mass is 676 g/mol. The van der Waals surface area contributed by atoms with E-state index in [1.807, 2.05) is 6.07 Å². The van der Waals surface area contributed by atoms with E-state index >= 15 is 0 Å². The minimum atomic E-state index is -1.56. The van der Waals surface area contributed by atoms with Crippen LogP contribution in [0.25, 0.3) is 0 Å². The molecular formula is C38H48N2O9. The molecule has 8 rings (SSSR count). The minimum Gasteiger partial charge on any atom is -0.455 e. The van der Waals surface area contributed by atoms with Crippen LogP contribution in [0.3, 0.4) is 0 Å². The van der Waals surface area contributed by atoms with Crippen LogP contribution < -0.4 is 5.73 Å². The van der Waals surface area contributed by atoms with Gasteiger partial charge in [-0.05, 0) is 56.0 Å². The Balaban J connectivity index is 1.39. The number of carbonyl (C=O) groups is 2. The first-order valence-corrected chi connectivity index (χ1v) is 17.6. The number of fused-ring (bicyclic) bond motifs is 2. The van der Waals surface area contributed by atoms with Crippen molar-refractivity contribution in [3.8, 4) is 0 Å². The summed E-state index contributed by atoms with van der Waals surface area (Å²) >= 11 is 0. The summed E-state index contributed by atoms with van der Waals surface area (Å²) in [5, 5.41) is 12.9. The predicted molar refractivity (Wildman–Crippen MR) is 178 cm³/mol. The smallest absolute Gasteiger partial charge is 0.340 e. The summed E-state index contributed by atoms with van der Waals surface area (Å²) in [4.78, 5) is 30.9. The number of methoxy groups -OCH3 is 4. The van der Waals surface area contributed by atoms with Gasteiger partial charge in [-0.25, -0.2) is 9.59 Å². The van der Waals surface area contributed by atoms with Gasteiger partial charge in [0.15, 0.2) is 0 Å². The lowest BCUT2D eigenvalue weighted by molar-refractivity contribution is -0.291. The standard InChI is InChI=1S/C38H48N2O9/c1-6-40-20-35(47-5)17-16-25(44-2)38-23-18-36(43)26(45-3)19-37(28(31(38)40)29(46-4)30(35)38,49-34(42)22-14-10-11-15-24(22)39)27(23)32(36)48-33(41)21-12-8-7-9-13-21/h7-15,23,25-32,43H,6,16-20,39H2,1-5H3/t23-,25+,26+,27-,28-,29+,30-,31?,32-,35-,36+,37-,38?/m1/s1. The van der Waals surface area contributed by atoms with Crippen molar-refractivity contribution in [1.82, 2.24) is 4.90 Å². The van der Waals surface area contributed by atoms with Crippen molar-refractivity contribution in [2.45, 2.75) is 79.9 Å². The van der Waals surface area contributed by atoms with Gasteiger partial charge in [0.1, 0.15) is 17.3 Å². The number of piperidine rings is 1. The molecule has 2 aromatic carbocycles. The average Bonchev–Trinajstić information content (AvgIpc) is 3.49. The quantitative estimate of drug-likeness (QED) is 0.299. The normalized spacial score (nSPS) is 44.4. The summed E-state index contributed by atoms with van der Waals surface area (Å²) in [7, 11) is 6.84. The molecule has 264 valence electrons. The van der Waals surface area contributed by atoms with E-state index in [0.717, 1.165) is 19.4 Å². The lowest BCUT2D eigenvalue weighted by Gasteiger charge is -2.69. The van der Waals surface area contributed by atoms with Crippen LogP contribution in [0.15, 0.2) is 54.6 Å². The zero-order valence-electron chi connectivity index (χ0n) is 28.9. The van der Waals surface area contributed by atoms with Crippen molar-refractivity contribution in [2.24, 2.45) is 29.1 Å². The van der Waals surface area contributed by atoms with Gasteiger partial charge in [-0.15, -0.1) is 0 Å². The van der Waals surface area contributed by atoms with E-state index in [-0.39, 0.29) is 42.4 Å². The highest BCUT2D eigenvalue weighted by Crippen LogP contribution is 2.79. The number of ether oxygens (including phenoxy) is 6. The molecule has 1 saturated heterocycles. The fraction of sp³-hybridized carbons (Fsp3) is 0.632. The van der Waals surface area contributed by atoms with E-state index in [1.165, 1.54) is 0 Å². The molecule has 13 atom stereocenters. The second kappa shape index (κ2) is 11.5. The Morgan fingerprint density at radius 1 is 0.918 bits per heavy atom. The molecule has 0 amide bonds. The summed E-state index contributed by atoms with van der Waals surface area (Å²) < 4.78 is 39.4. The van der Waals surface area contributed by atoms with Crippen molar-refractivity contribution < 1.29 is 43.1 Å². The minimum absolute atomic E-state index is 0.145. The summed E-state index contributed by atoms with van der Waals surface area (Å²) in [6, 6.07) is 15.5. The number of likely N-dealkylation sites (N-methyl/N-ethyl adjacent to an activating group) is 1. The number of hydrogen-bond donors (Lipinski definition) is 2. The average molecular weight is 677 g/mol. The number of aliphatic hydroxyl groups is 1. The third-order valence-corrected chi connectivity index (χ3v) is 13.9. The summed E-state index contributed by atoms with van der Waals surface area (Å²) in [6.45, 7) is 3.57. The maximum atomic E-state index is 14.5. The zero-order valence-corrected chi connectivity index (χ0v) is 28.9. The number of benzene rings is 2. The Hall–Kier alpha value is -3.06. The number of likely N-dealkylation sites (tertiary alicyclic amines) is 1. The van der Waals surface area contributed by atoms with E-state index in [9.17, 15) is 14.7 Å². The van der Waals surface area contributed by atoms with E-state index in [2.05, 4.69) is 11.8 Å². The first kappa shape index (κ1) is 33.1. The molecule has 0 aromatic heterocycles. The van der Waals surface area contributed by atoms with Gasteiger partial charge in [0, 0.05) is 76.3 Å². The first-order valence-electron chi connectivity index (χ1n) is 17.6. The highest BCUT2D eigenvalue weighted by atomic mass is 16.6. The molecule has 1 heterocycles. The number of anilines is 1. The molecule has 2 aromatic rings. The third-order valence-electron chi connectivity index (χ3n) is 13.9. The molecule has 1 aliphatic heterocycles. The molecule has 49 heavy (non-hydrogen) atoms. The van der Waals surface area contributed by atoms with E-state index in [4.69, 9.17) is 34.2 Å². The molecule has 3 N–H and O–H groups in total. The molecule has 2 unspecified atom stereocenters. The van der Waals surface area contributed by atoms with Gasteiger partial charge >= 0.3 is 11.9 Å². The number of esters is 2. The number of para-hydroxylation sites is 1. The topological polar surface area (TPSA) is 139 Å². The lowest BCUT2D eigenvalue weighted by atomic mass is 9.45. The maximum Gasteiger partial charge on any atom is 0.340 e. The number of rotatable bonds is 9. The van der Waals surface area contributed by atoms with Gasteiger partial charge in [-0.1, -0.05) is 37.3 Å².